The number of para-hydroxylation sites is 1. The van der Waals surface area contributed by atoms with Crippen molar-refractivity contribution in [1.29, 1.82) is 5.41 Å². The molecule has 0 aliphatic rings. The Morgan fingerprint density at radius 1 is 1.28 bits per heavy atom. The molecule has 25 heavy (non-hydrogen) atoms. The number of carboxylic acid groups (broad SMARTS) is 2. The second-order valence-corrected chi connectivity index (χ2v) is 4.82. The number of carbonyl (C=O) groups is 3. The van der Waals surface area contributed by atoms with Crippen molar-refractivity contribution >= 4 is 23.9 Å². The zero-order chi connectivity index (χ0) is 19.4. The number of nitrogens with two attached hydrogens (primary N) is 2. The van der Waals surface area contributed by atoms with E-state index in [-0.39, 0.29) is 17.3 Å². The number of nitrogens with one attached hydrogen (secondary N) is 2. The third-order valence-electron chi connectivity index (χ3n) is 2.70. The van der Waals surface area contributed by atoms with Crippen molar-refractivity contribution in [3.05, 3.63) is 29.8 Å². The molecular formula is C15H22N4O6. The van der Waals surface area contributed by atoms with Gasteiger partial charge in [0.25, 0.3) is 0 Å². The molecule has 1 rings (SSSR count). The predicted octanol–water partition coefficient (Wildman–Crippen LogP) is -0.0283. The van der Waals surface area contributed by atoms with Crippen LogP contribution in [0.15, 0.2) is 24.3 Å². The fourth-order valence-electron chi connectivity index (χ4n) is 1.56. The first kappa shape index (κ1) is 21.9. The molecule has 1 aromatic rings. The van der Waals surface area contributed by atoms with E-state index in [9.17, 15) is 14.4 Å². The van der Waals surface area contributed by atoms with Crippen LogP contribution in [0.2, 0.25) is 0 Å². The Labute approximate surface area is 144 Å². The summed E-state index contributed by atoms with van der Waals surface area (Å²) < 4.78 is 4.69. The zero-order valence-electron chi connectivity index (χ0n) is 13.7. The van der Waals surface area contributed by atoms with Crippen LogP contribution in [-0.4, -0.2) is 46.7 Å². The molecule has 0 heterocycles. The van der Waals surface area contributed by atoms with Gasteiger partial charge in [0.1, 0.15) is 17.4 Å². The minimum atomic E-state index is -1.11. The van der Waals surface area contributed by atoms with Crippen LogP contribution in [0.3, 0.4) is 0 Å². The summed E-state index contributed by atoms with van der Waals surface area (Å²) in [5.41, 5.74) is 10.2. The highest BCUT2D eigenvalue weighted by Gasteiger charge is 2.11. The normalized spacial score (nSPS) is 10.6. The lowest BCUT2D eigenvalue weighted by Gasteiger charge is -2.06. The van der Waals surface area contributed by atoms with E-state index < -0.39 is 23.9 Å². The number of esters is 1. The van der Waals surface area contributed by atoms with E-state index in [0.717, 1.165) is 0 Å². The number of carbonyl (C=O) groups excluding carboxylic acids is 1. The molecule has 0 aliphatic heterocycles. The van der Waals surface area contributed by atoms with Gasteiger partial charge in [-0.05, 0) is 25.0 Å². The summed E-state index contributed by atoms with van der Waals surface area (Å²) in [6.45, 7) is 1.70. The van der Waals surface area contributed by atoms with Crippen LogP contribution >= 0.6 is 0 Å². The molecule has 1 aromatic carbocycles. The number of guanidine groups is 1. The van der Waals surface area contributed by atoms with Crippen LogP contribution < -0.4 is 21.5 Å². The van der Waals surface area contributed by atoms with Crippen LogP contribution in [0.5, 0.6) is 5.75 Å². The molecule has 10 heteroatoms. The summed E-state index contributed by atoms with van der Waals surface area (Å²) in [6, 6.07) is 5.16. The lowest BCUT2D eigenvalue weighted by molar-refractivity contribution is -0.138. The average Bonchev–Trinajstić information content (AvgIpc) is 2.51. The first-order valence-electron chi connectivity index (χ1n) is 7.22. The Hall–Kier alpha value is -3.14. The molecule has 0 radical (unpaired) electrons. The average molecular weight is 354 g/mol. The number of carboxylic acids is 2. The van der Waals surface area contributed by atoms with Crippen molar-refractivity contribution in [3.63, 3.8) is 0 Å². The number of benzene rings is 1. The van der Waals surface area contributed by atoms with Crippen LogP contribution in [-0.2, 0) is 9.59 Å². The van der Waals surface area contributed by atoms with Gasteiger partial charge in [-0.1, -0.05) is 12.1 Å². The third kappa shape index (κ3) is 10.3. The first-order chi connectivity index (χ1) is 11.6. The highest BCUT2D eigenvalue weighted by Crippen LogP contribution is 2.17. The van der Waals surface area contributed by atoms with Crippen molar-refractivity contribution < 1.29 is 29.3 Å². The fraction of sp³-hybridized carbons (Fsp3) is 0.333. The second-order valence-electron chi connectivity index (χ2n) is 4.82. The van der Waals surface area contributed by atoms with E-state index in [2.05, 4.69) is 10.1 Å². The Morgan fingerprint density at radius 3 is 2.36 bits per heavy atom. The van der Waals surface area contributed by atoms with Gasteiger partial charge in [0.2, 0.25) is 0 Å². The number of aliphatic carboxylic acids is 1. The Kier molecular flexibility index (Phi) is 9.97. The molecule has 0 saturated heterocycles. The zero-order valence-corrected chi connectivity index (χ0v) is 13.7. The Morgan fingerprint density at radius 2 is 1.88 bits per heavy atom. The lowest BCUT2D eigenvalue weighted by atomic mass is 10.2. The number of ether oxygens (including phenoxy) is 1. The summed E-state index contributed by atoms with van der Waals surface area (Å²) in [4.78, 5) is 31.4. The quantitative estimate of drug-likeness (QED) is 0.128. The molecule has 1 unspecified atom stereocenters. The highest BCUT2D eigenvalue weighted by atomic mass is 16.5. The smallest absolute Gasteiger partial charge is 0.339 e. The van der Waals surface area contributed by atoms with Crippen molar-refractivity contribution in [1.82, 2.24) is 5.32 Å². The Balaban J connectivity index is 0.000000463. The van der Waals surface area contributed by atoms with Gasteiger partial charge < -0.3 is 31.7 Å². The SMILES string of the molecule is CC(=O)Oc1ccccc1C(=O)O.N=C(N)NCCCC(N)C(=O)O. The summed E-state index contributed by atoms with van der Waals surface area (Å²) in [5, 5.41) is 26.4. The largest absolute Gasteiger partial charge is 0.480 e. The number of aromatic carboxylic acids is 1. The molecule has 0 fully saturated rings. The molecule has 0 saturated carbocycles. The molecule has 1 atom stereocenters. The predicted molar refractivity (Wildman–Crippen MR) is 89.5 cm³/mol. The minimum Gasteiger partial charge on any atom is -0.480 e. The van der Waals surface area contributed by atoms with Crippen LogP contribution in [0.25, 0.3) is 0 Å². The monoisotopic (exact) mass is 354 g/mol. The van der Waals surface area contributed by atoms with E-state index in [1.807, 2.05) is 0 Å². The molecule has 138 valence electrons. The van der Waals surface area contributed by atoms with Gasteiger partial charge in [-0.25, -0.2) is 4.79 Å². The summed E-state index contributed by atoms with van der Waals surface area (Å²) in [5.74, 6) is -2.69. The van der Waals surface area contributed by atoms with Gasteiger partial charge in [0.15, 0.2) is 5.96 Å². The maximum Gasteiger partial charge on any atom is 0.339 e. The summed E-state index contributed by atoms with van der Waals surface area (Å²) in [6.07, 6.45) is 0.975. The molecule has 0 bridgehead atoms. The number of hydrogen-bond donors (Lipinski definition) is 6. The molecule has 10 nitrogen and oxygen atoms in total. The van der Waals surface area contributed by atoms with Crippen molar-refractivity contribution in [2.45, 2.75) is 25.8 Å². The van der Waals surface area contributed by atoms with E-state index in [4.69, 9.17) is 27.1 Å². The van der Waals surface area contributed by atoms with Crippen LogP contribution in [0.1, 0.15) is 30.1 Å². The minimum absolute atomic E-state index is 0.0160. The van der Waals surface area contributed by atoms with Gasteiger partial charge in [-0.2, -0.15) is 0 Å². The first-order valence-corrected chi connectivity index (χ1v) is 7.22. The third-order valence-corrected chi connectivity index (χ3v) is 2.70. The van der Waals surface area contributed by atoms with E-state index in [1.54, 1.807) is 12.1 Å². The van der Waals surface area contributed by atoms with Gasteiger partial charge in [-0.3, -0.25) is 15.0 Å². The molecule has 0 aromatic heterocycles. The molecular weight excluding hydrogens is 332 g/mol. The lowest BCUT2D eigenvalue weighted by Crippen LogP contribution is -2.34. The number of hydrogen-bond acceptors (Lipinski definition) is 6. The molecule has 0 spiro atoms. The molecule has 0 aliphatic carbocycles. The summed E-state index contributed by atoms with van der Waals surface area (Å²) >= 11 is 0. The van der Waals surface area contributed by atoms with Crippen LogP contribution in [0, 0.1) is 5.41 Å². The Bertz CT molecular complexity index is 620. The number of rotatable bonds is 7. The van der Waals surface area contributed by atoms with E-state index in [0.29, 0.717) is 19.4 Å². The fourth-order valence-corrected chi connectivity index (χ4v) is 1.56. The van der Waals surface area contributed by atoms with Crippen molar-refractivity contribution in [2.24, 2.45) is 11.5 Å². The van der Waals surface area contributed by atoms with Gasteiger partial charge in [0, 0.05) is 13.5 Å². The maximum atomic E-state index is 10.6. The maximum absolute atomic E-state index is 10.6. The summed E-state index contributed by atoms with van der Waals surface area (Å²) in [7, 11) is 0. The van der Waals surface area contributed by atoms with Gasteiger partial charge in [0.05, 0.1) is 0 Å². The van der Waals surface area contributed by atoms with Crippen molar-refractivity contribution in [2.75, 3.05) is 6.54 Å². The van der Waals surface area contributed by atoms with E-state index >= 15 is 0 Å². The molecule has 0 amide bonds. The van der Waals surface area contributed by atoms with Crippen LogP contribution in [0.4, 0.5) is 0 Å². The van der Waals surface area contributed by atoms with Gasteiger partial charge in [-0.15, -0.1) is 0 Å². The topological polar surface area (TPSA) is 189 Å². The molecule has 8 N–H and O–H groups in total. The van der Waals surface area contributed by atoms with Gasteiger partial charge >= 0.3 is 17.9 Å². The standard InChI is InChI=1S/C9H8O4.C6H14N4O2/c1-6(10)13-8-5-3-2-4-7(8)9(11)12;7-4(5(11)12)2-1-3-10-6(8)9/h2-5H,1H3,(H,11,12);4H,1-3,7H2,(H,11,12)(H4,8,9,10). The second kappa shape index (κ2) is 11.4. The van der Waals surface area contributed by atoms with Crippen molar-refractivity contribution in [3.8, 4) is 5.75 Å². The van der Waals surface area contributed by atoms with E-state index in [1.165, 1.54) is 19.1 Å². The highest BCUT2D eigenvalue weighted by molar-refractivity contribution is 5.91.